The van der Waals surface area contributed by atoms with E-state index >= 15 is 0 Å². The Morgan fingerprint density at radius 2 is 1.74 bits per heavy atom. The van der Waals surface area contributed by atoms with E-state index in [2.05, 4.69) is 6.07 Å². The Kier molecular flexibility index (Phi) is 3.68. The summed E-state index contributed by atoms with van der Waals surface area (Å²) < 4.78 is 0. The smallest absolute Gasteiger partial charge is 0.423 e. The molecule has 102 valence electrons. The molecule has 0 unspecified atom stereocenters. The molecule has 0 atom stereocenters. The highest BCUT2D eigenvalue weighted by Crippen LogP contribution is 2.48. The molecule has 1 aromatic carbocycles. The summed E-state index contributed by atoms with van der Waals surface area (Å²) >= 11 is 0. The van der Waals surface area contributed by atoms with Crippen LogP contribution >= 0.6 is 0 Å². The maximum atomic E-state index is 9.65. The van der Waals surface area contributed by atoms with E-state index in [1.54, 1.807) is 0 Å². The Morgan fingerprint density at radius 1 is 1.05 bits per heavy atom. The maximum Gasteiger partial charge on any atom is 0.488 e. The zero-order chi connectivity index (χ0) is 13.3. The van der Waals surface area contributed by atoms with Gasteiger partial charge in [0.25, 0.3) is 0 Å². The second-order valence-electron chi connectivity index (χ2n) is 6.45. The number of hydrogen-bond donors (Lipinski definition) is 2. The lowest BCUT2D eigenvalue weighted by molar-refractivity contribution is 0.262. The summed E-state index contributed by atoms with van der Waals surface area (Å²) in [6.07, 6.45) is 10.3. The molecule has 2 aliphatic carbocycles. The van der Waals surface area contributed by atoms with Crippen molar-refractivity contribution in [1.29, 1.82) is 0 Å². The van der Waals surface area contributed by atoms with Gasteiger partial charge in [-0.25, -0.2) is 0 Å². The first-order valence-corrected chi connectivity index (χ1v) is 7.67. The molecular formula is C16H23BO2. The van der Waals surface area contributed by atoms with Crippen LogP contribution in [0, 0.1) is 5.92 Å². The van der Waals surface area contributed by atoms with E-state index < -0.39 is 7.12 Å². The first kappa shape index (κ1) is 13.2. The van der Waals surface area contributed by atoms with Crippen LogP contribution in [0.3, 0.4) is 0 Å². The van der Waals surface area contributed by atoms with Crippen LogP contribution in [0.15, 0.2) is 24.3 Å². The second-order valence-corrected chi connectivity index (χ2v) is 6.45. The summed E-state index contributed by atoms with van der Waals surface area (Å²) in [6.45, 7) is 0. The van der Waals surface area contributed by atoms with Gasteiger partial charge in [-0.3, -0.25) is 0 Å². The summed E-state index contributed by atoms with van der Waals surface area (Å²) in [7, 11) is -1.34. The molecule has 0 heterocycles. The summed E-state index contributed by atoms with van der Waals surface area (Å²) in [5, 5.41) is 19.3. The average Bonchev–Trinajstić information content (AvgIpc) is 3.23. The third-order valence-corrected chi connectivity index (χ3v) is 5.00. The van der Waals surface area contributed by atoms with Crippen LogP contribution in [0.1, 0.15) is 56.9 Å². The minimum Gasteiger partial charge on any atom is -0.423 e. The monoisotopic (exact) mass is 258 g/mol. The van der Waals surface area contributed by atoms with Crippen molar-refractivity contribution in [1.82, 2.24) is 0 Å². The highest BCUT2D eigenvalue weighted by atomic mass is 16.4. The van der Waals surface area contributed by atoms with Gasteiger partial charge in [0.05, 0.1) is 0 Å². The lowest BCUT2D eigenvalue weighted by Crippen LogP contribution is -2.41. The molecule has 0 amide bonds. The Labute approximate surface area is 116 Å². The van der Waals surface area contributed by atoms with E-state index in [4.69, 9.17) is 0 Å². The third kappa shape index (κ3) is 2.73. The van der Waals surface area contributed by atoms with E-state index in [9.17, 15) is 10.0 Å². The van der Waals surface area contributed by atoms with Crippen LogP contribution in [-0.4, -0.2) is 17.2 Å². The van der Waals surface area contributed by atoms with E-state index in [1.165, 1.54) is 56.9 Å². The summed E-state index contributed by atoms with van der Waals surface area (Å²) in [4.78, 5) is 0. The fourth-order valence-electron chi connectivity index (χ4n) is 3.89. The summed E-state index contributed by atoms with van der Waals surface area (Å²) in [5.74, 6) is 0.877. The fourth-order valence-corrected chi connectivity index (χ4v) is 3.89. The molecule has 19 heavy (non-hydrogen) atoms. The van der Waals surface area contributed by atoms with Crippen molar-refractivity contribution < 1.29 is 10.0 Å². The lowest BCUT2D eigenvalue weighted by Gasteiger charge is -2.39. The largest absolute Gasteiger partial charge is 0.488 e. The normalized spacial score (nSPS) is 22.2. The number of benzene rings is 1. The highest BCUT2D eigenvalue weighted by Gasteiger charge is 2.41. The van der Waals surface area contributed by atoms with Gasteiger partial charge in [-0.1, -0.05) is 56.4 Å². The molecule has 2 N–H and O–H groups in total. The minimum atomic E-state index is -1.34. The lowest BCUT2D eigenvalue weighted by atomic mass is 9.61. The molecule has 0 bridgehead atoms. The predicted octanol–water partition coefficient (Wildman–Crippen LogP) is 2.37. The van der Waals surface area contributed by atoms with E-state index in [0.717, 1.165) is 11.4 Å². The van der Waals surface area contributed by atoms with E-state index in [0.29, 0.717) is 0 Å². The van der Waals surface area contributed by atoms with Crippen LogP contribution in [0.25, 0.3) is 0 Å². The van der Waals surface area contributed by atoms with E-state index in [1.807, 2.05) is 18.2 Å². The Bertz CT molecular complexity index is 434. The van der Waals surface area contributed by atoms with Crippen molar-refractivity contribution in [3.8, 4) is 0 Å². The molecule has 2 nitrogen and oxygen atoms in total. The third-order valence-electron chi connectivity index (χ3n) is 5.00. The first-order valence-electron chi connectivity index (χ1n) is 7.67. The highest BCUT2D eigenvalue weighted by molar-refractivity contribution is 6.59. The molecule has 2 fully saturated rings. The molecule has 0 saturated heterocycles. The molecular weight excluding hydrogens is 235 g/mol. The van der Waals surface area contributed by atoms with Gasteiger partial charge >= 0.3 is 7.12 Å². The van der Waals surface area contributed by atoms with Gasteiger partial charge in [0.2, 0.25) is 0 Å². The summed E-state index contributed by atoms with van der Waals surface area (Å²) in [6, 6.07) is 7.96. The SMILES string of the molecule is OB(O)c1ccccc1C1(CC2CC2)CCCCC1. The van der Waals surface area contributed by atoms with Gasteiger partial charge in [0, 0.05) is 0 Å². The maximum absolute atomic E-state index is 9.65. The second kappa shape index (κ2) is 5.30. The Hall–Kier alpha value is -0.795. The molecule has 2 aliphatic rings. The van der Waals surface area contributed by atoms with E-state index in [-0.39, 0.29) is 5.41 Å². The van der Waals surface area contributed by atoms with Crippen LogP contribution in [0.5, 0.6) is 0 Å². The van der Waals surface area contributed by atoms with Crippen molar-refractivity contribution in [2.45, 2.75) is 56.8 Å². The quantitative estimate of drug-likeness (QED) is 0.814. The fraction of sp³-hybridized carbons (Fsp3) is 0.625. The molecule has 3 rings (SSSR count). The number of rotatable bonds is 4. The molecule has 0 radical (unpaired) electrons. The Balaban J connectivity index is 1.98. The molecule has 2 saturated carbocycles. The van der Waals surface area contributed by atoms with Gasteiger partial charge in [-0.2, -0.15) is 0 Å². The summed E-state index contributed by atoms with van der Waals surface area (Å²) in [5.41, 5.74) is 2.14. The number of hydrogen-bond acceptors (Lipinski definition) is 2. The topological polar surface area (TPSA) is 40.5 Å². The van der Waals surface area contributed by atoms with Gasteiger partial charge in [0.1, 0.15) is 0 Å². The van der Waals surface area contributed by atoms with Crippen molar-refractivity contribution >= 4 is 12.6 Å². The van der Waals surface area contributed by atoms with Gasteiger partial charge < -0.3 is 10.0 Å². The first-order chi connectivity index (χ1) is 9.21. The van der Waals surface area contributed by atoms with Gasteiger partial charge in [0.15, 0.2) is 0 Å². The molecule has 3 heteroatoms. The Morgan fingerprint density at radius 3 is 2.37 bits per heavy atom. The minimum absolute atomic E-state index is 0.208. The molecule has 0 aliphatic heterocycles. The van der Waals surface area contributed by atoms with Crippen molar-refractivity contribution in [3.05, 3.63) is 29.8 Å². The average molecular weight is 258 g/mol. The van der Waals surface area contributed by atoms with Crippen molar-refractivity contribution in [3.63, 3.8) is 0 Å². The van der Waals surface area contributed by atoms with Crippen LogP contribution < -0.4 is 5.46 Å². The molecule has 0 spiro atoms. The van der Waals surface area contributed by atoms with Crippen LogP contribution in [0.2, 0.25) is 0 Å². The van der Waals surface area contributed by atoms with Gasteiger partial charge in [-0.05, 0) is 41.6 Å². The van der Waals surface area contributed by atoms with Crippen LogP contribution in [0.4, 0.5) is 0 Å². The van der Waals surface area contributed by atoms with Crippen LogP contribution in [-0.2, 0) is 5.41 Å². The zero-order valence-electron chi connectivity index (χ0n) is 11.5. The standard InChI is InChI=1S/C16H23BO2/c18-17(19)15-7-3-2-6-14(15)16(12-13-8-9-13)10-4-1-5-11-16/h2-3,6-7,13,18-19H,1,4-5,8-12H2. The predicted molar refractivity (Wildman–Crippen MR) is 78.4 cm³/mol. The van der Waals surface area contributed by atoms with Crippen molar-refractivity contribution in [2.24, 2.45) is 5.92 Å². The van der Waals surface area contributed by atoms with Gasteiger partial charge in [-0.15, -0.1) is 0 Å². The molecule has 1 aromatic rings. The zero-order valence-corrected chi connectivity index (χ0v) is 11.5. The molecule has 0 aromatic heterocycles. The van der Waals surface area contributed by atoms with Crippen molar-refractivity contribution in [2.75, 3.05) is 0 Å².